The molecule has 1 aromatic heterocycles. The maximum absolute atomic E-state index is 9.52. The summed E-state index contributed by atoms with van der Waals surface area (Å²) in [7, 11) is 0. The Bertz CT molecular complexity index is 903. The van der Waals surface area contributed by atoms with Crippen LogP contribution in [0.25, 0.3) is 15.7 Å². The molecule has 0 radical (unpaired) electrons. The van der Waals surface area contributed by atoms with Gasteiger partial charge < -0.3 is 5.73 Å². The zero-order valence-electron chi connectivity index (χ0n) is 12.3. The quantitative estimate of drug-likeness (QED) is 0.790. The number of H-pyrrole nitrogens is 1. The topological polar surface area (TPSA) is 95.2 Å². The molecule has 0 amide bonds. The molecule has 0 aliphatic carbocycles. The van der Waals surface area contributed by atoms with Gasteiger partial charge in [-0.3, -0.25) is 10.1 Å². The number of nitriles is 1. The summed E-state index contributed by atoms with van der Waals surface area (Å²) < 4.78 is 0. The van der Waals surface area contributed by atoms with Crippen LogP contribution in [-0.4, -0.2) is 15.9 Å². The summed E-state index contributed by atoms with van der Waals surface area (Å²) in [6.45, 7) is 11.1. The Labute approximate surface area is 127 Å². The fourth-order valence-corrected chi connectivity index (χ4v) is 2.93. The van der Waals surface area contributed by atoms with Crippen molar-refractivity contribution in [3.63, 3.8) is 0 Å². The molecule has 0 spiro atoms. The Morgan fingerprint density at radius 3 is 2.86 bits per heavy atom. The SMILES string of the molecule is [C-]#[N+]C1=C(C)N=C(C)C(C#N)C1c1ccc2[nH]nc(N)c2c1. The Morgan fingerprint density at radius 1 is 1.41 bits per heavy atom. The summed E-state index contributed by atoms with van der Waals surface area (Å²) in [6, 6.07) is 7.97. The number of benzene rings is 1. The van der Waals surface area contributed by atoms with Crippen LogP contribution in [0.15, 0.2) is 34.6 Å². The van der Waals surface area contributed by atoms with Crippen LogP contribution in [0, 0.1) is 23.8 Å². The second-order valence-electron chi connectivity index (χ2n) is 5.33. The molecule has 2 heterocycles. The number of hydrogen-bond donors (Lipinski definition) is 2. The third kappa shape index (κ3) is 1.94. The molecule has 0 bridgehead atoms. The summed E-state index contributed by atoms with van der Waals surface area (Å²) in [5, 5.41) is 17.2. The van der Waals surface area contributed by atoms with E-state index in [-0.39, 0.29) is 5.92 Å². The van der Waals surface area contributed by atoms with Gasteiger partial charge >= 0.3 is 0 Å². The van der Waals surface area contributed by atoms with Crippen LogP contribution < -0.4 is 5.73 Å². The van der Waals surface area contributed by atoms with Gasteiger partial charge in [-0.2, -0.15) is 10.4 Å². The first-order chi connectivity index (χ1) is 10.6. The Balaban J connectivity index is 2.22. The van der Waals surface area contributed by atoms with Gasteiger partial charge in [-0.05, 0) is 31.5 Å². The highest BCUT2D eigenvalue weighted by molar-refractivity contribution is 5.92. The van der Waals surface area contributed by atoms with Gasteiger partial charge in [-0.15, -0.1) is 0 Å². The minimum Gasteiger partial charge on any atom is -0.382 e. The van der Waals surface area contributed by atoms with E-state index < -0.39 is 5.92 Å². The van der Waals surface area contributed by atoms with E-state index in [4.69, 9.17) is 12.3 Å². The van der Waals surface area contributed by atoms with Gasteiger partial charge in [0, 0.05) is 22.7 Å². The van der Waals surface area contributed by atoms with Crippen LogP contribution in [0.4, 0.5) is 5.82 Å². The van der Waals surface area contributed by atoms with Crippen LogP contribution in [0.3, 0.4) is 0 Å². The average molecular weight is 290 g/mol. The maximum Gasteiger partial charge on any atom is 0.195 e. The summed E-state index contributed by atoms with van der Waals surface area (Å²) >= 11 is 0. The highest BCUT2D eigenvalue weighted by Crippen LogP contribution is 2.40. The molecule has 0 saturated heterocycles. The second-order valence-corrected chi connectivity index (χ2v) is 5.33. The molecule has 2 atom stereocenters. The van der Waals surface area contributed by atoms with Crippen LogP contribution in [0.5, 0.6) is 0 Å². The first-order valence-electron chi connectivity index (χ1n) is 6.83. The Kier molecular flexibility index (Phi) is 3.15. The average Bonchev–Trinajstić information content (AvgIpc) is 2.87. The molecule has 3 N–H and O–H groups in total. The van der Waals surface area contributed by atoms with Crippen LogP contribution in [0.2, 0.25) is 0 Å². The van der Waals surface area contributed by atoms with Crippen molar-refractivity contribution in [2.24, 2.45) is 10.9 Å². The van der Waals surface area contributed by atoms with Gasteiger partial charge in [0.2, 0.25) is 0 Å². The molecule has 2 aromatic rings. The molecule has 1 aliphatic rings. The molecule has 1 aromatic carbocycles. The van der Waals surface area contributed by atoms with Crippen LogP contribution >= 0.6 is 0 Å². The number of hydrogen-bond acceptors (Lipinski definition) is 4. The number of allylic oxidation sites excluding steroid dienone is 2. The third-order valence-corrected chi connectivity index (χ3v) is 4.03. The molecule has 1 aliphatic heterocycles. The fourth-order valence-electron chi connectivity index (χ4n) is 2.93. The van der Waals surface area contributed by atoms with E-state index in [1.54, 1.807) is 0 Å². The van der Waals surface area contributed by atoms with Crippen molar-refractivity contribution in [2.75, 3.05) is 5.73 Å². The maximum atomic E-state index is 9.52. The van der Waals surface area contributed by atoms with Gasteiger partial charge in [0.05, 0.1) is 24.1 Å². The second kappa shape index (κ2) is 5.01. The lowest BCUT2D eigenvalue weighted by molar-refractivity contribution is 0.700. The van der Waals surface area contributed by atoms with Gasteiger partial charge in [-0.25, -0.2) is 4.85 Å². The van der Waals surface area contributed by atoms with Gasteiger partial charge in [0.25, 0.3) is 0 Å². The van der Waals surface area contributed by atoms with Crippen molar-refractivity contribution >= 4 is 22.4 Å². The highest BCUT2D eigenvalue weighted by Gasteiger charge is 2.34. The van der Waals surface area contributed by atoms with Crippen molar-refractivity contribution in [3.05, 3.63) is 46.6 Å². The number of rotatable bonds is 1. The van der Waals surface area contributed by atoms with Gasteiger partial charge in [-0.1, -0.05) is 6.07 Å². The zero-order chi connectivity index (χ0) is 15.9. The lowest BCUT2D eigenvalue weighted by Gasteiger charge is -2.26. The number of aromatic amines is 1. The number of aliphatic imine (C=N–C) groups is 1. The Morgan fingerprint density at radius 2 is 2.18 bits per heavy atom. The minimum atomic E-state index is -0.446. The lowest BCUT2D eigenvalue weighted by atomic mass is 9.79. The lowest BCUT2D eigenvalue weighted by Crippen LogP contribution is -2.24. The van der Waals surface area contributed by atoms with Crippen LogP contribution in [-0.2, 0) is 0 Å². The molecule has 6 nitrogen and oxygen atoms in total. The van der Waals surface area contributed by atoms with E-state index in [2.05, 4.69) is 26.1 Å². The molecule has 2 unspecified atom stereocenters. The van der Waals surface area contributed by atoms with E-state index in [0.29, 0.717) is 17.2 Å². The van der Waals surface area contributed by atoms with Gasteiger partial charge in [0.1, 0.15) is 0 Å². The van der Waals surface area contributed by atoms with E-state index >= 15 is 0 Å². The van der Waals surface area contributed by atoms with E-state index in [1.807, 2.05) is 32.0 Å². The van der Waals surface area contributed by atoms with Gasteiger partial charge in [0.15, 0.2) is 11.5 Å². The number of aromatic nitrogens is 2. The number of nitrogen functional groups attached to an aromatic ring is 1. The molecule has 0 fully saturated rings. The Hall–Kier alpha value is -3.12. The van der Waals surface area contributed by atoms with Crippen molar-refractivity contribution in [1.29, 1.82) is 5.26 Å². The fraction of sp³-hybridized carbons (Fsp3) is 0.250. The van der Waals surface area contributed by atoms with Crippen LogP contribution in [0.1, 0.15) is 25.3 Å². The normalized spacial score (nSPS) is 21.4. The first-order valence-corrected chi connectivity index (χ1v) is 6.83. The summed E-state index contributed by atoms with van der Waals surface area (Å²) in [6.07, 6.45) is 0. The van der Waals surface area contributed by atoms with E-state index in [1.165, 1.54) is 0 Å². The predicted molar refractivity (Wildman–Crippen MR) is 84.8 cm³/mol. The molecule has 0 saturated carbocycles. The van der Waals surface area contributed by atoms with E-state index in [0.717, 1.165) is 22.2 Å². The number of nitrogens with zero attached hydrogens (tertiary/aromatic N) is 4. The third-order valence-electron chi connectivity index (χ3n) is 4.03. The number of nitrogens with one attached hydrogen (secondary N) is 1. The largest absolute Gasteiger partial charge is 0.382 e. The number of fused-ring (bicyclic) bond motifs is 1. The summed E-state index contributed by atoms with van der Waals surface area (Å²) in [5.41, 5.74) is 9.49. The molecule has 22 heavy (non-hydrogen) atoms. The van der Waals surface area contributed by atoms with Crippen molar-refractivity contribution < 1.29 is 0 Å². The van der Waals surface area contributed by atoms with Crippen molar-refractivity contribution in [3.8, 4) is 6.07 Å². The summed E-state index contributed by atoms with van der Waals surface area (Å²) in [4.78, 5) is 7.98. The highest BCUT2D eigenvalue weighted by atomic mass is 15.1. The molecule has 3 rings (SSSR count). The standard InChI is InChI=1S/C16H14N6/c1-8-12(7-17)14(15(19-3)9(2)20-8)10-4-5-13-11(6-10)16(18)22-21-13/h4-6,12,14H,1-2H3,(H3,18,21,22). The first kappa shape index (κ1) is 13.8. The van der Waals surface area contributed by atoms with E-state index in [9.17, 15) is 5.26 Å². The zero-order valence-corrected chi connectivity index (χ0v) is 12.3. The van der Waals surface area contributed by atoms with Crippen molar-refractivity contribution in [1.82, 2.24) is 10.2 Å². The predicted octanol–water partition coefficient (Wildman–Crippen LogP) is 2.99. The molecular weight excluding hydrogens is 276 g/mol. The molecule has 108 valence electrons. The van der Waals surface area contributed by atoms with Crippen molar-refractivity contribution in [2.45, 2.75) is 19.8 Å². The number of anilines is 1. The molecule has 6 heteroatoms. The summed E-state index contributed by atoms with van der Waals surface area (Å²) in [5.74, 6) is -0.353. The smallest absolute Gasteiger partial charge is 0.195 e. The minimum absolute atomic E-state index is 0.321. The number of nitrogens with two attached hydrogens (primary N) is 1. The monoisotopic (exact) mass is 290 g/mol. The molecular formula is C16H14N6.